The fraction of sp³-hybridized carbons (Fsp3) is 0.556. The topological polar surface area (TPSA) is 88.9 Å². The first-order chi connectivity index (χ1) is 11.8. The molecule has 134 valence electrons. The highest BCUT2D eigenvalue weighted by Crippen LogP contribution is 2.40. The number of furan rings is 1. The van der Waals surface area contributed by atoms with E-state index in [0.29, 0.717) is 44.1 Å². The Morgan fingerprint density at radius 1 is 1.36 bits per heavy atom. The number of nitrogens with zero attached hydrogens (tertiary/aromatic N) is 2. The number of carbonyl (C=O) groups is 1. The molecule has 0 radical (unpaired) electrons. The standard InChI is InChI=1S/C18H22N2O5/c1-11-14(12(2)25-19-11)6-13-4-5-15(24-13)16(21)20-8-18(9-20)7-17(3,22)10-23-18/h4-5,22H,6-10H2,1-3H3. The van der Waals surface area contributed by atoms with Gasteiger partial charge in [0, 0.05) is 18.4 Å². The van der Waals surface area contributed by atoms with Gasteiger partial charge in [-0.05, 0) is 32.9 Å². The van der Waals surface area contributed by atoms with Crippen LogP contribution in [0.4, 0.5) is 0 Å². The second-order valence-electron chi connectivity index (χ2n) is 7.55. The molecule has 1 unspecified atom stereocenters. The number of aromatic nitrogens is 1. The van der Waals surface area contributed by atoms with E-state index in [2.05, 4.69) is 5.16 Å². The van der Waals surface area contributed by atoms with Crippen molar-refractivity contribution in [3.63, 3.8) is 0 Å². The Balaban J connectivity index is 1.41. The van der Waals surface area contributed by atoms with Crippen molar-refractivity contribution in [3.05, 3.63) is 40.7 Å². The molecule has 1 spiro atoms. The molecule has 1 N–H and O–H groups in total. The highest BCUT2D eigenvalue weighted by molar-refractivity contribution is 5.92. The summed E-state index contributed by atoms with van der Waals surface area (Å²) in [5.41, 5.74) is 0.613. The Bertz CT molecular complexity index is 794. The SMILES string of the molecule is Cc1noc(C)c1Cc1ccc(C(=O)N2CC3(C2)CC(C)(O)CO3)o1. The lowest BCUT2D eigenvalue weighted by Crippen LogP contribution is -2.63. The molecule has 7 nitrogen and oxygen atoms in total. The summed E-state index contributed by atoms with van der Waals surface area (Å²) in [6, 6.07) is 3.51. The number of likely N-dealkylation sites (tertiary alicyclic amines) is 1. The van der Waals surface area contributed by atoms with Gasteiger partial charge < -0.3 is 23.7 Å². The first-order valence-electron chi connectivity index (χ1n) is 8.43. The van der Waals surface area contributed by atoms with Crippen LogP contribution in [0.3, 0.4) is 0 Å². The number of amides is 1. The monoisotopic (exact) mass is 346 g/mol. The summed E-state index contributed by atoms with van der Waals surface area (Å²) in [4.78, 5) is 14.3. The van der Waals surface area contributed by atoms with E-state index in [9.17, 15) is 9.90 Å². The summed E-state index contributed by atoms with van der Waals surface area (Å²) < 4.78 is 16.6. The van der Waals surface area contributed by atoms with Crippen LogP contribution in [0.5, 0.6) is 0 Å². The number of carbonyl (C=O) groups excluding carboxylic acids is 1. The molecule has 2 aliphatic rings. The molecule has 25 heavy (non-hydrogen) atoms. The van der Waals surface area contributed by atoms with Gasteiger partial charge in [0.1, 0.15) is 17.1 Å². The van der Waals surface area contributed by atoms with Crippen LogP contribution in [0.1, 0.15) is 46.7 Å². The summed E-state index contributed by atoms with van der Waals surface area (Å²) in [5, 5.41) is 14.0. The summed E-state index contributed by atoms with van der Waals surface area (Å²) >= 11 is 0. The molecule has 0 bridgehead atoms. The first-order valence-corrected chi connectivity index (χ1v) is 8.43. The summed E-state index contributed by atoms with van der Waals surface area (Å²) in [6.07, 6.45) is 1.10. The van der Waals surface area contributed by atoms with Gasteiger partial charge in [-0.15, -0.1) is 0 Å². The molecule has 2 aromatic heterocycles. The predicted octanol–water partition coefficient (Wildman–Crippen LogP) is 1.84. The van der Waals surface area contributed by atoms with Gasteiger partial charge in [0.25, 0.3) is 5.91 Å². The zero-order valence-corrected chi connectivity index (χ0v) is 14.7. The molecule has 0 saturated carbocycles. The van der Waals surface area contributed by atoms with Crippen LogP contribution in [0.2, 0.25) is 0 Å². The molecular formula is C18H22N2O5. The third-order valence-corrected chi connectivity index (χ3v) is 5.04. The fourth-order valence-electron chi connectivity index (χ4n) is 3.77. The van der Waals surface area contributed by atoms with Crippen LogP contribution < -0.4 is 0 Å². The third kappa shape index (κ3) is 2.87. The van der Waals surface area contributed by atoms with Crippen molar-refractivity contribution < 1.29 is 23.6 Å². The molecule has 4 heterocycles. The van der Waals surface area contributed by atoms with Crippen molar-refractivity contribution in [2.24, 2.45) is 0 Å². The number of hydrogen-bond acceptors (Lipinski definition) is 6. The van der Waals surface area contributed by atoms with E-state index in [4.69, 9.17) is 13.7 Å². The smallest absolute Gasteiger partial charge is 0.289 e. The first kappa shape index (κ1) is 16.4. The summed E-state index contributed by atoms with van der Waals surface area (Å²) in [6.45, 7) is 6.80. The lowest BCUT2D eigenvalue weighted by molar-refractivity contribution is -0.0961. The molecule has 0 aromatic carbocycles. The van der Waals surface area contributed by atoms with Crippen LogP contribution in [-0.4, -0.2) is 52.0 Å². The van der Waals surface area contributed by atoms with E-state index in [1.54, 1.807) is 17.9 Å². The van der Waals surface area contributed by atoms with Gasteiger partial charge in [-0.2, -0.15) is 0 Å². The quantitative estimate of drug-likeness (QED) is 0.912. The molecule has 1 amide bonds. The molecule has 4 rings (SSSR count). The molecule has 7 heteroatoms. The van der Waals surface area contributed by atoms with Gasteiger partial charge in [-0.3, -0.25) is 4.79 Å². The number of rotatable bonds is 3. The minimum Gasteiger partial charge on any atom is -0.456 e. The van der Waals surface area contributed by atoms with E-state index in [1.165, 1.54) is 0 Å². The van der Waals surface area contributed by atoms with E-state index >= 15 is 0 Å². The normalized spacial score (nSPS) is 24.7. The number of hydrogen-bond donors (Lipinski definition) is 1. The average Bonchev–Trinajstić information content (AvgIpc) is 3.19. The largest absolute Gasteiger partial charge is 0.456 e. The van der Waals surface area contributed by atoms with Crippen LogP contribution in [0, 0.1) is 13.8 Å². The van der Waals surface area contributed by atoms with Crippen molar-refractivity contribution >= 4 is 5.91 Å². The minimum atomic E-state index is -0.804. The highest BCUT2D eigenvalue weighted by Gasteiger charge is 2.55. The molecule has 2 aliphatic heterocycles. The molecule has 1 atom stereocenters. The van der Waals surface area contributed by atoms with Crippen LogP contribution >= 0.6 is 0 Å². The third-order valence-electron chi connectivity index (χ3n) is 5.04. The van der Waals surface area contributed by atoms with Gasteiger partial charge in [-0.1, -0.05) is 5.16 Å². The zero-order valence-electron chi connectivity index (χ0n) is 14.7. The molecule has 0 aliphatic carbocycles. The van der Waals surface area contributed by atoms with E-state index in [-0.39, 0.29) is 5.91 Å². The maximum Gasteiger partial charge on any atom is 0.289 e. The zero-order chi connectivity index (χ0) is 17.8. The molecule has 2 fully saturated rings. The second kappa shape index (κ2) is 5.44. The minimum absolute atomic E-state index is 0.147. The second-order valence-corrected chi connectivity index (χ2v) is 7.55. The van der Waals surface area contributed by atoms with Crippen LogP contribution in [0.25, 0.3) is 0 Å². The Labute approximate surface area is 145 Å². The van der Waals surface area contributed by atoms with E-state index in [1.807, 2.05) is 19.9 Å². The Kier molecular flexibility index (Phi) is 3.56. The van der Waals surface area contributed by atoms with Gasteiger partial charge in [0.15, 0.2) is 5.76 Å². The lowest BCUT2D eigenvalue weighted by Gasteiger charge is -2.46. The molecule has 2 saturated heterocycles. The summed E-state index contributed by atoms with van der Waals surface area (Å²) in [5.74, 6) is 1.64. The fourth-order valence-corrected chi connectivity index (χ4v) is 3.77. The Morgan fingerprint density at radius 3 is 2.72 bits per heavy atom. The maximum atomic E-state index is 12.6. The van der Waals surface area contributed by atoms with Crippen molar-refractivity contribution in [2.75, 3.05) is 19.7 Å². The van der Waals surface area contributed by atoms with Crippen LogP contribution in [-0.2, 0) is 11.2 Å². The lowest BCUT2D eigenvalue weighted by atomic mass is 9.85. The molecular weight excluding hydrogens is 324 g/mol. The van der Waals surface area contributed by atoms with Gasteiger partial charge in [0.2, 0.25) is 0 Å². The van der Waals surface area contributed by atoms with Gasteiger partial charge >= 0.3 is 0 Å². The van der Waals surface area contributed by atoms with Crippen molar-refractivity contribution in [3.8, 4) is 0 Å². The number of aryl methyl sites for hydroxylation is 2. The molecule has 2 aromatic rings. The average molecular weight is 346 g/mol. The van der Waals surface area contributed by atoms with Gasteiger partial charge in [-0.25, -0.2) is 0 Å². The van der Waals surface area contributed by atoms with Crippen molar-refractivity contribution in [1.82, 2.24) is 10.1 Å². The number of ether oxygens (including phenoxy) is 1. The predicted molar refractivity (Wildman–Crippen MR) is 87.3 cm³/mol. The maximum absolute atomic E-state index is 12.6. The summed E-state index contributed by atoms with van der Waals surface area (Å²) in [7, 11) is 0. The Hall–Kier alpha value is -2.12. The number of aliphatic hydroxyl groups is 1. The van der Waals surface area contributed by atoms with Gasteiger partial charge in [0.05, 0.1) is 31.0 Å². The van der Waals surface area contributed by atoms with E-state index < -0.39 is 11.2 Å². The Morgan fingerprint density at radius 2 is 2.12 bits per heavy atom. The van der Waals surface area contributed by atoms with Crippen LogP contribution in [0.15, 0.2) is 21.1 Å². The van der Waals surface area contributed by atoms with Crippen molar-refractivity contribution in [1.29, 1.82) is 0 Å². The van der Waals surface area contributed by atoms with Crippen molar-refractivity contribution in [2.45, 2.75) is 44.8 Å². The highest BCUT2D eigenvalue weighted by atomic mass is 16.5. The van der Waals surface area contributed by atoms with E-state index in [0.717, 1.165) is 17.0 Å².